The summed E-state index contributed by atoms with van der Waals surface area (Å²) in [6.45, 7) is 4.65. The van der Waals surface area contributed by atoms with Crippen LogP contribution in [0.1, 0.15) is 17.5 Å². The lowest BCUT2D eigenvalue weighted by Crippen LogP contribution is -2.46. The number of aliphatic carboxylic acids is 1. The van der Waals surface area contributed by atoms with Crippen LogP contribution in [0.2, 0.25) is 0 Å². The molecule has 0 radical (unpaired) electrons. The molecule has 1 N–H and O–H groups in total. The van der Waals surface area contributed by atoms with E-state index in [2.05, 4.69) is 0 Å². The number of carboxylic acids is 1. The molecule has 112 valence electrons. The zero-order valence-electron chi connectivity index (χ0n) is 12.3. The Morgan fingerprint density at radius 2 is 2.05 bits per heavy atom. The minimum atomic E-state index is -1.11. The number of carboxylic acid groups (broad SMARTS) is 1. The number of para-hydroxylation sites is 1. The van der Waals surface area contributed by atoms with E-state index in [4.69, 9.17) is 4.74 Å². The third kappa shape index (κ3) is 1.95. The molecule has 1 amide bonds. The highest BCUT2D eigenvalue weighted by Crippen LogP contribution is 2.45. The summed E-state index contributed by atoms with van der Waals surface area (Å²) in [5.41, 5.74) is 1.72. The van der Waals surface area contributed by atoms with Gasteiger partial charge in [0, 0.05) is 18.8 Å². The van der Waals surface area contributed by atoms with E-state index in [1.807, 2.05) is 32.0 Å². The largest absolute Gasteiger partial charge is 0.481 e. The molecule has 0 bridgehead atoms. The maximum Gasteiger partial charge on any atom is 0.314 e. The van der Waals surface area contributed by atoms with Crippen LogP contribution in [0.5, 0.6) is 0 Å². The summed E-state index contributed by atoms with van der Waals surface area (Å²) in [5.74, 6) is -1.50. The van der Waals surface area contributed by atoms with Gasteiger partial charge in [-0.05, 0) is 31.4 Å². The van der Waals surface area contributed by atoms with Gasteiger partial charge in [0.1, 0.15) is 5.41 Å². The van der Waals surface area contributed by atoms with E-state index in [1.54, 1.807) is 4.90 Å². The van der Waals surface area contributed by atoms with E-state index < -0.39 is 17.3 Å². The van der Waals surface area contributed by atoms with Gasteiger partial charge in [0.25, 0.3) is 0 Å². The van der Waals surface area contributed by atoms with E-state index in [1.165, 1.54) is 0 Å². The number of rotatable bonds is 2. The van der Waals surface area contributed by atoms with Gasteiger partial charge in [0.2, 0.25) is 5.91 Å². The lowest BCUT2D eigenvalue weighted by Gasteiger charge is -2.32. The first-order valence-electron chi connectivity index (χ1n) is 7.16. The van der Waals surface area contributed by atoms with Crippen LogP contribution in [-0.2, 0) is 14.3 Å². The molecule has 0 saturated carbocycles. The third-order valence-corrected chi connectivity index (χ3v) is 4.72. The highest BCUT2D eigenvalue weighted by atomic mass is 16.5. The van der Waals surface area contributed by atoms with E-state index in [0.717, 1.165) is 16.8 Å². The second kappa shape index (κ2) is 4.84. The molecule has 3 rings (SSSR count). The number of hydrogen-bond acceptors (Lipinski definition) is 3. The smallest absolute Gasteiger partial charge is 0.314 e. The molecule has 2 fully saturated rings. The number of ether oxygens (including phenoxy) is 1. The Kier molecular flexibility index (Phi) is 3.24. The van der Waals surface area contributed by atoms with Crippen LogP contribution >= 0.6 is 0 Å². The molecule has 2 heterocycles. The molecule has 0 aromatic heterocycles. The van der Waals surface area contributed by atoms with Crippen LogP contribution < -0.4 is 4.90 Å². The zero-order chi connectivity index (χ0) is 15.2. The molecule has 1 aromatic rings. The van der Waals surface area contributed by atoms with Gasteiger partial charge in [0.05, 0.1) is 12.5 Å². The summed E-state index contributed by atoms with van der Waals surface area (Å²) in [6.07, 6.45) is 0.479. The Hall–Kier alpha value is -1.88. The fraction of sp³-hybridized carbons (Fsp3) is 0.500. The van der Waals surface area contributed by atoms with E-state index in [9.17, 15) is 14.7 Å². The van der Waals surface area contributed by atoms with E-state index >= 15 is 0 Å². The van der Waals surface area contributed by atoms with Gasteiger partial charge in [0.15, 0.2) is 0 Å². The first-order valence-corrected chi connectivity index (χ1v) is 7.16. The van der Waals surface area contributed by atoms with Crippen LogP contribution in [0.3, 0.4) is 0 Å². The average Bonchev–Trinajstić information content (AvgIpc) is 2.74. The molecular formula is C16H19NO4. The lowest BCUT2D eigenvalue weighted by molar-refractivity contribution is -0.162. The van der Waals surface area contributed by atoms with Crippen molar-refractivity contribution in [3.8, 4) is 0 Å². The Morgan fingerprint density at radius 1 is 1.38 bits per heavy atom. The second-order valence-corrected chi connectivity index (χ2v) is 6.02. The van der Waals surface area contributed by atoms with Crippen LogP contribution in [-0.4, -0.2) is 36.7 Å². The summed E-state index contributed by atoms with van der Waals surface area (Å²) in [5, 5.41) is 9.66. The van der Waals surface area contributed by atoms with E-state index in [-0.39, 0.29) is 19.1 Å². The highest BCUT2D eigenvalue weighted by Gasteiger charge is 2.59. The maximum absolute atomic E-state index is 12.8. The third-order valence-electron chi connectivity index (χ3n) is 4.72. The standard InChI is InChI=1S/C16H19NO4/c1-10-4-3-5-11(2)13(10)17-8-16(15(19)20)9-21-7-6-12(16)14(17)18/h3-5,12H,6-9H2,1-2H3,(H,19,20). The van der Waals surface area contributed by atoms with Gasteiger partial charge in [-0.15, -0.1) is 0 Å². The number of aryl methyl sites for hydroxylation is 2. The van der Waals surface area contributed by atoms with Crippen molar-refractivity contribution < 1.29 is 19.4 Å². The summed E-state index contributed by atoms with van der Waals surface area (Å²) in [4.78, 5) is 26.2. The van der Waals surface area contributed by atoms with Crippen molar-refractivity contribution in [1.29, 1.82) is 0 Å². The highest BCUT2D eigenvalue weighted by molar-refractivity contribution is 6.03. The fourth-order valence-corrected chi connectivity index (χ4v) is 3.60. The normalized spacial score (nSPS) is 28.6. The second-order valence-electron chi connectivity index (χ2n) is 6.02. The van der Waals surface area contributed by atoms with Gasteiger partial charge in [-0.3, -0.25) is 9.59 Å². The summed E-state index contributed by atoms with van der Waals surface area (Å²) in [6, 6.07) is 5.83. The minimum Gasteiger partial charge on any atom is -0.481 e. The zero-order valence-corrected chi connectivity index (χ0v) is 12.3. The van der Waals surface area contributed by atoms with Crippen molar-refractivity contribution in [2.75, 3.05) is 24.7 Å². The Labute approximate surface area is 123 Å². The lowest BCUT2D eigenvalue weighted by atomic mass is 9.75. The number of carbonyl (C=O) groups excluding carboxylic acids is 1. The summed E-state index contributed by atoms with van der Waals surface area (Å²) >= 11 is 0. The number of benzene rings is 1. The van der Waals surface area contributed by atoms with Gasteiger partial charge in [-0.2, -0.15) is 0 Å². The number of amides is 1. The number of fused-ring (bicyclic) bond motifs is 1. The molecule has 0 aliphatic carbocycles. The molecule has 1 aromatic carbocycles. The molecular weight excluding hydrogens is 270 g/mol. The van der Waals surface area contributed by atoms with Gasteiger partial charge >= 0.3 is 5.97 Å². The van der Waals surface area contributed by atoms with Crippen LogP contribution in [0.4, 0.5) is 5.69 Å². The van der Waals surface area contributed by atoms with Crippen LogP contribution in [0.15, 0.2) is 18.2 Å². The van der Waals surface area contributed by atoms with Gasteiger partial charge in [-0.25, -0.2) is 0 Å². The summed E-state index contributed by atoms with van der Waals surface area (Å²) < 4.78 is 5.38. The number of carbonyl (C=O) groups is 2. The molecule has 0 spiro atoms. The van der Waals surface area contributed by atoms with Gasteiger partial charge in [-0.1, -0.05) is 18.2 Å². The molecule has 5 nitrogen and oxygen atoms in total. The number of nitrogens with zero attached hydrogens (tertiary/aromatic N) is 1. The van der Waals surface area contributed by atoms with Crippen molar-refractivity contribution >= 4 is 17.6 Å². The molecule has 2 aliphatic heterocycles. The molecule has 21 heavy (non-hydrogen) atoms. The van der Waals surface area contributed by atoms with Crippen molar-refractivity contribution in [3.63, 3.8) is 0 Å². The monoisotopic (exact) mass is 289 g/mol. The van der Waals surface area contributed by atoms with Crippen molar-refractivity contribution in [2.45, 2.75) is 20.3 Å². The topological polar surface area (TPSA) is 66.8 Å². The molecule has 2 saturated heterocycles. The number of anilines is 1. The first kappa shape index (κ1) is 14.1. The van der Waals surface area contributed by atoms with Crippen LogP contribution in [0, 0.1) is 25.2 Å². The fourth-order valence-electron chi connectivity index (χ4n) is 3.60. The molecule has 5 heteroatoms. The predicted octanol–water partition coefficient (Wildman–Crippen LogP) is 1.76. The molecule has 2 aliphatic rings. The predicted molar refractivity (Wildman–Crippen MR) is 77.3 cm³/mol. The average molecular weight is 289 g/mol. The van der Waals surface area contributed by atoms with Crippen LogP contribution in [0.25, 0.3) is 0 Å². The quantitative estimate of drug-likeness (QED) is 0.901. The minimum absolute atomic E-state index is 0.0851. The van der Waals surface area contributed by atoms with Crippen molar-refractivity contribution in [3.05, 3.63) is 29.3 Å². The van der Waals surface area contributed by atoms with Gasteiger partial charge < -0.3 is 14.7 Å². The maximum atomic E-state index is 12.8. The van der Waals surface area contributed by atoms with Crippen molar-refractivity contribution in [2.24, 2.45) is 11.3 Å². The Balaban J connectivity index is 2.07. The molecule has 2 unspecified atom stereocenters. The Morgan fingerprint density at radius 3 is 2.62 bits per heavy atom. The van der Waals surface area contributed by atoms with E-state index in [0.29, 0.717) is 13.0 Å². The first-order chi connectivity index (χ1) is 9.97. The van der Waals surface area contributed by atoms with Crippen molar-refractivity contribution in [1.82, 2.24) is 0 Å². The molecule has 2 atom stereocenters. The Bertz CT molecular complexity index is 592. The summed E-state index contributed by atoms with van der Waals surface area (Å²) in [7, 11) is 0. The number of hydrogen-bond donors (Lipinski definition) is 1. The SMILES string of the molecule is Cc1cccc(C)c1N1CC2(C(=O)O)COCCC2C1=O.